The maximum atomic E-state index is 12.3. The molecule has 0 saturated heterocycles. The van der Waals surface area contributed by atoms with Crippen LogP contribution in [0.1, 0.15) is 0 Å². The molecule has 0 aliphatic carbocycles. The van der Waals surface area contributed by atoms with Crippen molar-refractivity contribution in [2.45, 2.75) is 0 Å². The first-order valence-corrected chi connectivity index (χ1v) is 5.89. The van der Waals surface area contributed by atoms with Crippen LogP contribution in [0.15, 0.2) is 63.5 Å². The molecule has 3 heteroatoms. The molecule has 0 aromatic heterocycles. The normalized spacial score (nSPS) is 9.00. The maximum Gasteiger partial charge on any atom is 0.137 e. The third-order valence-corrected chi connectivity index (χ3v) is 2.73. The Hall–Kier alpha value is -0.670. The second kappa shape index (κ2) is 6.75. The van der Waals surface area contributed by atoms with E-state index in [9.17, 15) is 4.39 Å². The van der Waals surface area contributed by atoms with E-state index in [-0.39, 0.29) is 5.82 Å². The summed E-state index contributed by atoms with van der Waals surface area (Å²) in [4.78, 5) is 0. The van der Waals surface area contributed by atoms with Gasteiger partial charge in [0, 0.05) is 4.47 Å². The lowest BCUT2D eigenvalue weighted by Crippen LogP contribution is -1.70. The van der Waals surface area contributed by atoms with Crippen molar-refractivity contribution in [3.8, 4) is 0 Å². The van der Waals surface area contributed by atoms with Crippen molar-refractivity contribution in [1.82, 2.24) is 0 Å². The molecule has 0 nitrogen and oxygen atoms in total. The van der Waals surface area contributed by atoms with Crippen molar-refractivity contribution in [2.75, 3.05) is 0 Å². The molecular formula is C12H9Br2F. The molecule has 0 N–H and O–H groups in total. The van der Waals surface area contributed by atoms with Gasteiger partial charge in [-0.1, -0.05) is 46.3 Å². The SMILES string of the molecule is Brc1ccccc1.Fc1ccccc1Br. The summed E-state index contributed by atoms with van der Waals surface area (Å²) in [7, 11) is 0. The second-order valence-corrected chi connectivity index (χ2v) is 4.48. The summed E-state index contributed by atoms with van der Waals surface area (Å²) in [6.07, 6.45) is 0. The largest absolute Gasteiger partial charge is 0.206 e. The van der Waals surface area contributed by atoms with Gasteiger partial charge in [0.2, 0.25) is 0 Å². The van der Waals surface area contributed by atoms with Crippen LogP contribution >= 0.6 is 31.9 Å². The highest BCUT2D eigenvalue weighted by atomic mass is 79.9. The summed E-state index contributed by atoms with van der Waals surface area (Å²) < 4.78 is 13.9. The average molecular weight is 332 g/mol. The van der Waals surface area contributed by atoms with Crippen molar-refractivity contribution in [1.29, 1.82) is 0 Å². The molecule has 78 valence electrons. The predicted molar refractivity (Wildman–Crippen MR) is 68.2 cm³/mol. The van der Waals surface area contributed by atoms with Gasteiger partial charge in [-0.3, -0.25) is 0 Å². The molecule has 0 radical (unpaired) electrons. The quantitative estimate of drug-likeness (QED) is 0.634. The molecule has 0 aliphatic rings. The number of hydrogen-bond donors (Lipinski definition) is 0. The monoisotopic (exact) mass is 330 g/mol. The maximum absolute atomic E-state index is 12.3. The van der Waals surface area contributed by atoms with Crippen LogP contribution in [-0.4, -0.2) is 0 Å². The van der Waals surface area contributed by atoms with E-state index in [1.807, 2.05) is 30.3 Å². The lowest BCUT2D eigenvalue weighted by Gasteiger charge is -1.87. The predicted octanol–water partition coefficient (Wildman–Crippen LogP) is 5.04. The van der Waals surface area contributed by atoms with Gasteiger partial charge >= 0.3 is 0 Å². The van der Waals surface area contributed by atoms with E-state index in [1.165, 1.54) is 6.07 Å². The molecule has 2 aromatic carbocycles. The minimum absolute atomic E-state index is 0.215. The summed E-state index contributed by atoms with van der Waals surface area (Å²) in [6.45, 7) is 0. The first-order valence-electron chi connectivity index (χ1n) is 4.30. The molecule has 0 heterocycles. The zero-order chi connectivity index (χ0) is 11.1. The fraction of sp³-hybridized carbons (Fsp3) is 0. The molecule has 0 saturated carbocycles. The van der Waals surface area contributed by atoms with E-state index in [2.05, 4.69) is 31.9 Å². The molecule has 2 rings (SSSR count). The minimum atomic E-state index is -0.215. The molecule has 2 aromatic rings. The highest BCUT2D eigenvalue weighted by Crippen LogP contribution is 2.12. The van der Waals surface area contributed by atoms with Gasteiger partial charge in [0.15, 0.2) is 0 Å². The van der Waals surface area contributed by atoms with Gasteiger partial charge in [0.1, 0.15) is 5.82 Å². The summed E-state index contributed by atoms with van der Waals surface area (Å²) in [6, 6.07) is 16.5. The van der Waals surface area contributed by atoms with Crippen LogP contribution in [0.25, 0.3) is 0 Å². The lowest BCUT2D eigenvalue weighted by molar-refractivity contribution is 0.621. The Bertz CT molecular complexity index is 380. The van der Waals surface area contributed by atoms with Crippen LogP contribution in [0.5, 0.6) is 0 Å². The van der Waals surface area contributed by atoms with E-state index < -0.39 is 0 Å². The van der Waals surface area contributed by atoms with Crippen molar-refractivity contribution < 1.29 is 4.39 Å². The summed E-state index contributed by atoms with van der Waals surface area (Å²) in [5, 5.41) is 0. The van der Waals surface area contributed by atoms with E-state index in [0.717, 1.165) is 4.47 Å². The molecule has 0 amide bonds. The summed E-state index contributed by atoms with van der Waals surface area (Å²) >= 11 is 6.33. The lowest BCUT2D eigenvalue weighted by atomic mass is 10.4. The van der Waals surface area contributed by atoms with Gasteiger partial charge in [-0.05, 0) is 40.2 Å². The van der Waals surface area contributed by atoms with Gasteiger partial charge in [-0.15, -0.1) is 0 Å². The van der Waals surface area contributed by atoms with Gasteiger partial charge in [0.05, 0.1) is 4.47 Å². The third-order valence-electron chi connectivity index (χ3n) is 1.56. The van der Waals surface area contributed by atoms with Gasteiger partial charge < -0.3 is 0 Å². The first kappa shape index (κ1) is 12.4. The fourth-order valence-corrected chi connectivity index (χ4v) is 1.44. The molecule has 0 aliphatic heterocycles. The number of rotatable bonds is 0. The van der Waals surface area contributed by atoms with Crippen LogP contribution in [0.3, 0.4) is 0 Å². The van der Waals surface area contributed by atoms with Gasteiger partial charge in [0.25, 0.3) is 0 Å². The Balaban J connectivity index is 0.000000151. The van der Waals surface area contributed by atoms with Crippen LogP contribution < -0.4 is 0 Å². The molecule has 0 spiro atoms. The number of halogens is 3. The van der Waals surface area contributed by atoms with Crippen LogP contribution in [0, 0.1) is 5.82 Å². The van der Waals surface area contributed by atoms with E-state index in [0.29, 0.717) is 4.47 Å². The van der Waals surface area contributed by atoms with Crippen LogP contribution in [0.4, 0.5) is 4.39 Å². The molecule has 0 fully saturated rings. The summed E-state index contributed by atoms with van der Waals surface area (Å²) in [5.74, 6) is -0.215. The Labute approximate surface area is 105 Å². The van der Waals surface area contributed by atoms with Crippen LogP contribution in [0.2, 0.25) is 0 Å². The zero-order valence-corrected chi connectivity index (χ0v) is 11.0. The van der Waals surface area contributed by atoms with Gasteiger partial charge in [-0.25, -0.2) is 4.39 Å². The highest BCUT2D eigenvalue weighted by Gasteiger charge is 1.90. The fourth-order valence-electron chi connectivity index (χ4n) is 0.854. The summed E-state index contributed by atoms with van der Waals surface area (Å²) in [5.41, 5.74) is 0. The van der Waals surface area contributed by atoms with Crippen LogP contribution in [-0.2, 0) is 0 Å². The number of benzene rings is 2. The first-order chi connectivity index (χ1) is 7.20. The highest BCUT2D eigenvalue weighted by molar-refractivity contribution is 9.10. The Morgan fingerprint density at radius 1 is 0.733 bits per heavy atom. The Kier molecular flexibility index (Phi) is 5.58. The molecule has 0 bridgehead atoms. The average Bonchev–Trinajstić information content (AvgIpc) is 2.25. The Morgan fingerprint density at radius 3 is 1.60 bits per heavy atom. The Morgan fingerprint density at radius 2 is 1.27 bits per heavy atom. The van der Waals surface area contributed by atoms with Crippen molar-refractivity contribution in [3.05, 3.63) is 69.4 Å². The number of hydrogen-bond acceptors (Lipinski definition) is 0. The van der Waals surface area contributed by atoms with Crippen molar-refractivity contribution in [2.24, 2.45) is 0 Å². The smallest absolute Gasteiger partial charge is 0.137 e. The van der Waals surface area contributed by atoms with Crippen molar-refractivity contribution in [3.63, 3.8) is 0 Å². The molecule has 15 heavy (non-hydrogen) atoms. The zero-order valence-electron chi connectivity index (χ0n) is 7.83. The standard InChI is InChI=1S/C6H4BrF.C6H5Br/c7-5-3-1-2-4-6(5)8;7-6-4-2-1-3-5-6/h1-4H;1-5H. The second-order valence-electron chi connectivity index (χ2n) is 2.71. The van der Waals surface area contributed by atoms with Crippen molar-refractivity contribution >= 4 is 31.9 Å². The van der Waals surface area contributed by atoms with E-state index in [4.69, 9.17) is 0 Å². The van der Waals surface area contributed by atoms with E-state index in [1.54, 1.807) is 18.2 Å². The topological polar surface area (TPSA) is 0 Å². The van der Waals surface area contributed by atoms with Gasteiger partial charge in [-0.2, -0.15) is 0 Å². The van der Waals surface area contributed by atoms with E-state index >= 15 is 0 Å². The molecule has 0 unspecified atom stereocenters. The minimum Gasteiger partial charge on any atom is -0.206 e. The molecule has 0 atom stereocenters. The molecular weight excluding hydrogens is 323 g/mol. The third kappa shape index (κ3) is 5.09.